The summed E-state index contributed by atoms with van der Waals surface area (Å²) in [6.45, 7) is 0. The molecule has 2 aromatic rings. The Morgan fingerprint density at radius 3 is 2.65 bits per heavy atom. The maximum Gasteiger partial charge on any atom is 0.142 e. The van der Waals surface area contributed by atoms with Gasteiger partial charge in [-0.2, -0.15) is 0 Å². The van der Waals surface area contributed by atoms with Crippen molar-refractivity contribution in [1.29, 1.82) is 0 Å². The van der Waals surface area contributed by atoms with Gasteiger partial charge in [0.25, 0.3) is 0 Å². The summed E-state index contributed by atoms with van der Waals surface area (Å²) in [6, 6.07) is 5.41. The molecule has 0 aliphatic rings. The van der Waals surface area contributed by atoms with Gasteiger partial charge in [-0.1, -0.05) is 17.7 Å². The molecule has 1 aromatic carbocycles. The average molecular weight is 294 g/mol. The molecule has 0 radical (unpaired) electrons. The van der Waals surface area contributed by atoms with Crippen molar-refractivity contribution in [2.24, 2.45) is 5.73 Å². The maximum atomic E-state index is 13.6. The van der Waals surface area contributed by atoms with Gasteiger partial charge in [-0.3, -0.25) is 0 Å². The summed E-state index contributed by atoms with van der Waals surface area (Å²) in [5, 5.41) is 11.6. The van der Waals surface area contributed by atoms with E-state index >= 15 is 0 Å². The lowest BCUT2D eigenvalue weighted by Crippen LogP contribution is -2.12. The fourth-order valence-corrected chi connectivity index (χ4v) is 2.36. The zero-order valence-electron chi connectivity index (χ0n) is 8.56. The van der Waals surface area contributed by atoms with Crippen LogP contribution in [0.5, 0.6) is 5.75 Å². The van der Waals surface area contributed by atoms with E-state index in [1.807, 2.05) is 11.4 Å². The molecule has 0 spiro atoms. The van der Waals surface area contributed by atoms with Crippen LogP contribution in [0, 0.1) is 5.82 Å². The van der Waals surface area contributed by atoms with Gasteiger partial charge in [-0.15, -0.1) is 23.7 Å². The third kappa shape index (κ3) is 2.72. The van der Waals surface area contributed by atoms with Crippen LogP contribution < -0.4 is 5.73 Å². The summed E-state index contributed by atoms with van der Waals surface area (Å²) in [4.78, 5) is 0.775. The monoisotopic (exact) mass is 293 g/mol. The molecular formula is C11H10Cl2FNOS. The van der Waals surface area contributed by atoms with Gasteiger partial charge in [0.1, 0.15) is 11.6 Å². The Kier molecular flexibility index (Phi) is 4.77. The quantitative estimate of drug-likeness (QED) is 0.886. The van der Waals surface area contributed by atoms with E-state index in [2.05, 4.69) is 0 Å². The molecule has 0 unspecified atom stereocenters. The van der Waals surface area contributed by atoms with Gasteiger partial charge < -0.3 is 10.8 Å². The van der Waals surface area contributed by atoms with E-state index in [-0.39, 0.29) is 28.7 Å². The number of halogens is 3. The minimum atomic E-state index is -0.696. The van der Waals surface area contributed by atoms with Crippen molar-refractivity contribution in [3.05, 3.63) is 50.9 Å². The average Bonchev–Trinajstić information content (AvgIpc) is 2.77. The van der Waals surface area contributed by atoms with Gasteiger partial charge in [0.05, 0.1) is 16.6 Å². The first-order valence-corrected chi connectivity index (χ1v) is 5.83. The Labute approximate surface area is 113 Å². The van der Waals surface area contributed by atoms with E-state index in [1.165, 1.54) is 23.5 Å². The molecule has 1 atom stereocenters. The van der Waals surface area contributed by atoms with Crippen LogP contribution in [0.15, 0.2) is 29.6 Å². The summed E-state index contributed by atoms with van der Waals surface area (Å²) in [5.41, 5.74) is 5.92. The molecule has 6 heteroatoms. The lowest BCUT2D eigenvalue weighted by atomic mass is 10.0. The zero-order chi connectivity index (χ0) is 11.7. The highest BCUT2D eigenvalue weighted by Crippen LogP contribution is 2.36. The first-order chi connectivity index (χ1) is 7.61. The van der Waals surface area contributed by atoms with Gasteiger partial charge in [0.15, 0.2) is 0 Å². The van der Waals surface area contributed by atoms with Crippen molar-refractivity contribution in [1.82, 2.24) is 0 Å². The number of aromatic hydroxyl groups is 1. The topological polar surface area (TPSA) is 46.2 Å². The molecule has 0 fully saturated rings. The highest BCUT2D eigenvalue weighted by atomic mass is 35.5. The van der Waals surface area contributed by atoms with E-state index < -0.39 is 11.9 Å². The number of nitrogens with two attached hydrogens (primary N) is 1. The van der Waals surface area contributed by atoms with E-state index in [4.69, 9.17) is 17.3 Å². The third-order valence-corrected chi connectivity index (χ3v) is 3.54. The van der Waals surface area contributed by atoms with Crippen LogP contribution in [0.3, 0.4) is 0 Å². The molecule has 1 heterocycles. The highest BCUT2D eigenvalue weighted by molar-refractivity contribution is 7.10. The number of hydrogen-bond acceptors (Lipinski definition) is 3. The Morgan fingerprint density at radius 1 is 1.35 bits per heavy atom. The molecule has 0 aliphatic heterocycles. The first-order valence-electron chi connectivity index (χ1n) is 4.57. The normalized spacial score (nSPS) is 11.9. The fourth-order valence-electron chi connectivity index (χ4n) is 1.46. The lowest BCUT2D eigenvalue weighted by Gasteiger charge is -2.13. The van der Waals surface area contributed by atoms with Crippen LogP contribution in [-0.4, -0.2) is 5.11 Å². The second-order valence-corrected chi connectivity index (χ2v) is 4.67. The van der Waals surface area contributed by atoms with Gasteiger partial charge in [-0.25, -0.2) is 4.39 Å². The van der Waals surface area contributed by atoms with Crippen LogP contribution >= 0.6 is 35.3 Å². The molecule has 1 aromatic heterocycles. The summed E-state index contributed by atoms with van der Waals surface area (Å²) < 4.78 is 13.6. The predicted octanol–water partition coefficient (Wildman–Crippen LogP) is 3.72. The number of phenolic OH excluding ortho intramolecular Hbond substituents is 1. The van der Waals surface area contributed by atoms with Crippen molar-refractivity contribution < 1.29 is 9.50 Å². The number of thiophene rings is 1. The van der Waals surface area contributed by atoms with Crippen LogP contribution in [-0.2, 0) is 0 Å². The zero-order valence-corrected chi connectivity index (χ0v) is 11.0. The smallest absolute Gasteiger partial charge is 0.142 e. The summed E-state index contributed by atoms with van der Waals surface area (Å²) in [6.07, 6.45) is 0. The van der Waals surface area contributed by atoms with Gasteiger partial charge >= 0.3 is 0 Å². The van der Waals surface area contributed by atoms with Gasteiger partial charge in [-0.05, 0) is 23.6 Å². The SMILES string of the molecule is Cl.N[C@H](c1cccs1)c1c(F)ccc(Cl)c1O. The Balaban J connectivity index is 0.00000144. The minimum Gasteiger partial charge on any atom is -0.506 e. The maximum absolute atomic E-state index is 13.6. The molecule has 0 saturated carbocycles. The van der Waals surface area contributed by atoms with Crippen molar-refractivity contribution in [3.63, 3.8) is 0 Å². The molecule has 0 aliphatic carbocycles. The first kappa shape index (κ1) is 14.3. The van der Waals surface area contributed by atoms with Crippen molar-refractivity contribution in [2.75, 3.05) is 0 Å². The van der Waals surface area contributed by atoms with Gasteiger partial charge in [0.2, 0.25) is 0 Å². The Morgan fingerprint density at radius 2 is 2.06 bits per heavy atom. The number of rotatable bonds is 2. The van der Waals surface area contributed by atoms with E-state index in [9.17, 15) is 9.50 Å². The van der Waals surface area contributed by atoms with Crippen molar-refractivity contribution in [3.8, 4) is 5.75 Å². The number of hydrogen-bond donors (Lipinski definition) is 2. The van der Waals surface area contributed by atoms with E-state index in [0.29, 0.717) is 0 Å². The lowest BCUT2D eigenvalue weighted by molar-refractivity contribution is 0.455. The van der Waals surface area contributed by atoms with Crippen LogP contribution in [0.2, 0.25) is 5.02 Å². The summed E-state index contributed by atoms with van der Waals surface area (Å²) in [5.74, 6) is -0.842. The summed E-state index contributed by atoms with van der Waals surface area (Å²) in [7, 11) is 0. The van der Waals surface area contributed by atoms with E-state index in [0.717, 1.165) is 4.88 Å². The van der Waals surface area contributed by atoms with Crippen LogP contribution in [0.25, 0.3) is 0 Å². The Bertz CT molecular complexity index is 504. The Hall–Kier alpha value is -0.810. The summed E-state index contributed by atoms with van der Waals surface area (Å²) >= 11 is 7.13. The highest BCUT2D eigenvalue weighted by Gasteiger charge is 2.20. The molecular weight excluding hydrogens is 284 g/mol. The molecule has 2 rings (SSSR count). The van der Waals surface area contributed by atoms with Gasteiger partial charge in [0, 0.05) is 4.88 Å². The number of benzene rings is 1. The molecule has 0 bridgehead atoms. The second kappa shape index (κ2) is 5.69. The second-order valence-electron chi connectivity index (χ2n) is 3.28. The fraction of sp³-hybridized carbons (Fsp3) is 0.0909. The molecule has 2 nitrogen and oxygen atoms in total. The van der Waals surface area contributed by atoms with Crippen LogP contribution in [0.4, 0.5) is 4.39 Å². The predicted molar refractivity (Wildman–Crippen MR) is 70.7 cm³/mol. The molecule has 0 amide bonds. The molecule has 0 saturated heterocycles. The standard InChI is InChI=1S/C11H9ClFNOS.ClH/c12-6-3-4-7(13)9(11(6)15)10(14)8-2-1-5-16-8;/h1-5,10,15H,14H2;1H/t10-;/m1./s1. The molecule has 3 N–H and O–H groups in total. The number of phenols is 1. The van der Waals surface area contributed by atoms with E-state index in [1.54, 1.807) is 6.07 Å². The third-order valence-electron chi connectivity index (χ3n) is 2.28. The molecule has 17 heavy (non-hydrogen) atoms. The van der Waals surface area contributed by atoms with Crippen molar-refractivity contribution in [2.45, 2.75) is 6.04 Å². The largest absolute Gasteiger partial charge is 0.506 e. The molecule has 92 valence electrons. The van der Waals surface area contributed by atoms with Crippen molar-refractivity contribution >= 4 is 35.3 Å². The minimum absolute atomic E-state index is 0. The van der Waals surface area contributed by atoms with Crippen LogP contribution in [0.1, 0.15) is 16.5 Å².